The minimum absolute atomic E-state index is 0.0278. The summed E-state index contributed by atoms with van der Waals surface area (Å²) in [6.45, 7) is 1.93. The zero-order valence-electron chi connectivity index (χ0n) is 13.7. The van der Waals surface area contributed by atoms with Gasteiger partial charge in [-0.05, 0) is 18.6 Å². The number of fused-ring (bicyclic) bond motifs is 3. The normalized spacial score (nSPS) is 11.5. The van der Waals surface area contributed by atoms with E-state index < -0.39 is 0 Å². The van der Waals surface area contributed by atoms with E-state index >= 15 is 0 Å². The lowest BCUT2D eigenvalue weighted by molar-refractivity contribution is 0.0831. The highest BCUT2D eigenvalue weighted by Crippen LogP contribution is 2.32. The van der Waals surface area contributed by atoms with Gasteiger partial charge in [0.25, 0.3) is 5.91 Å². The summed E-state index contributed by atoms with van der Waals surface area (Å²) in [6.07, 6.45) is 3.34. The van der Waals surface area contributed by atoms with Crippen LogP contribution in [-0.4, -0.2) is 54.3 Å². The molecule has 0 unspecified atom stereocenters. The number of thiophene rings is 1. The van der Waals surface area contributed by atoms with Gasteiger partial charge < -0.3 is 4.90 Å². The Labute approximate surface area is 141 Å². The molecule has 9 heteroatoms. The summed E-state index contributed by atoms with van der Waals surface area (Å²) < 4.78 is 3.37. The van der Waals surface area contributed by atoms with Crippen molar-refractivity contribution in [1.82, 2.24) is 34.3 Å². The van der Waals surface area contributed by atoms with Crippen LogP contribution in [0, 0.1) is 6.92 Å². The molecule has 4 aromatic rings. The molecule has 0 saturated carbocycles. The smallest absolute Gasteiger partial charge is 0.263 e. The lowest BCUT2D eigenvalue weighted by Crippen LogP contribution is -2.21. The Morgan fingerprint density at radius 1 is 1.33 bits per heavy atom. The van der Waals surface area contributed by atoms with Gasteiger partial charge in [0.2, 0.25) is 0 Å². The highest BCUT2D eigenvalue weighted by molar-refractivity contribution is 7.20. The SMILES string of the molecule is Cc1c(C(=O)N(C)C)sc2ncn3nc(-c4ccnn4C)nc3c12. The van der Waals surface area contributed by atoms with E-state index in [0.29, 0.717) is 16.3 Å². The fraction of sp³-hybridized carbons (Fsp3) is 0.267. The second kappa shape index (κ2) is 5.10. The third kappa shape index (κ3) is 2.01. The molecule has 0 fully saturated rings. The number of hydrogen-bond acceptors (Lipinski definition) is 6. The molecule has 24 heavy (non-hydrogen) atoms. The Morgan fingerprint density at radius 3 is 2.79 bits per heavy atom. The number of rotatable bonds is 2. The van der Waals surface area contributed by atoms with Crippen molar-refractivity contribution in [3.63, 3.8) is 0 Å². The van der Waals surface area contributed by atoms with Crippen LogP contribution in [0.25, 0.3) is 27.4 Å². The van der Waals surface area contributed by atoms with Crippen LogP contribution in [0.5, 0.6) is 0 Å². The first-order valence-corrected chi connectivity index (χ1v) is 8.13. The number of carbonyl (C=O) groups is 1. The summed E-state index contributed by atoms with van der Waals surface area (Å²) in [5.74, 6) is 0.551. The van der Waals surface area contributed by atoms with Crippen molar-refractivity contribution >= 4 is 33.1 Å². The molecule has 0 spiro atoms. The molecule has 0 atom stereocenters. The van der Waals surface area contributed by atoms with Crippen LogP contribution >= 0.6 is 11.3 Å². The molecule has 4 rings (SSSR count). The third-order valence-electron chi connectivity index (χ3n) is 3.92. The van der Waals surface area contributed by atoms with Crippen molar-refractivity contribution in [3.05, 3.63) is 29.0 Å². The van der Waals surface area contributed by atoms with Crippen molar-refractivity contribution < 1.29 is 4.79 Å². The molecule has 8 nitrogen and oxygen atoms in total. The Morgan fingerprint density at radius 2 is 2.12 bits per heavy atom. The Hall–Kier alpha value is -2.81. The monoisotopic (exact) mass is 341 g/mol. The van der Waals surface area contributed by atoms with Gasteiger partial charge in [0.1, 0.15) is 16.9 Å². The van der Waals surface area contributed by atoms with Crippen molar-refractivity contribution in [2.75, 3.05) is 14.1 Å². The molecule has 0 bridgehead atoms. The van der Waals surface area contributed by atoms with E-state index in [2.05, 4.69) is 20.2 Å². The minimum atomic E-state index is -0.0278. The van der Waals surface area contributed by atoms with Gasteiger partial charge in [0.15, 0.2) is 11.5 Å². The van der Waals surface area contributed by atoms with Crippen molar-refractivity contribution in [1.29, 1.82) is 0 Å². The average Bonchev–Trinajstić information content (AvgIpc) is 3.22. The topological polar surface area (TPSA) is 81.2 Å². The van der Waals surface area contributed by atoms with E-state index in [4.69, 9.17) is 0 Å². The van der Waals surface area contributed by atoms with E-state index in [0.717, 1.165) is 21.5 Å². The van der Waals surface area contributed by atoms with Gasteiger partial charge in [0.05, 0.1) is 10.3 Å². The van der Waals surface area contributed by atoms with Crippen LogP contribution in [0.4, 0.5) is 0 Å². The van der Waals surface area contributed by atoms with Gasteiger partial charge >= 0.3 is 0 Å². The van der Waals surface area contributed by atoms with E-state index in [1.165, 1.54) is 11.3 Å². The lowest BCUT2D eigenvalue weighted by Gasteiger charge is -2.08. The largest absolute Gasteiger partial charge is 0.344 e. The number of nitrogens with zero attached hydrogens (tertiary/aromatic N) is 7. The zero-order valence-corrected chi connectivity index (χ0v) is 14.5. The fourth-order valence-corrected chi connectivity index (χ4v) is 3.81. The number of hydrogen-bond donors (Lipinski definition) is 0. The Kier molecular flexibility index (Phi) is 3.14. The third-order valence-corrected chi connectivity index (χ3v) is 5.11. The predicted molar refractivity (Wildman–Crippen MR) is 91.1 cm³/mol. The van der Waals surface area contributed by atoms with Crippen LogP contribution < -0.4 is 0 Å². The first kappa shape index (κ1) is 14.8. The molecular formula is C15H15N7OS. The molecule has 0 radical (unpaired) electrons. The summed E-state index contributed by atoms with van der Waals surface area (Å²) in [7, 11) is 5.33. The molecule has 0 aliphatic heterocycles. The van der Waals surface area contributed by atoms with E-state index in [1.54, 1.807) is 40.7 Å². The molecule has 0 aromatic carbocycles. The van der Waals surface area contributed by atoms with Crippen LogP contribution in [0.3, 0.4) is 0 Å². The molecule has 4 heterocycles. The molecule has 122 valence electrons. The van der Waals surface area contributed by atoms with Crippen molar-refractivity contribution in [2.24, 2.45) is 7.05 Å². The maximum atomic E-state index is 12.4. The first-order valence-electron chi connectivity index (χ1n) is 7.32. The number of amides is 1. The van der Waals surface area contributed by atoms with Crippen LogP contribution in [0.2, 0.25) is 0 Å². The van der Waals surface area contributed by atoms with Gasteiger partial charge in [-0.3, -0.25) is 9.48 Å². The molecule has 0 aliphatic carbocycles. The molecule has 0 N–H and O–H groups in total. The quantitative estimate of drug-likeness (QED) is 0.555. The number of carbonyl (C=O) groups excluding carboxylic acids is 1. The molecule has 0 aliphatic rings. The standard InChI is InChI=1S/C15H15N7OS/c1-8-10-13-18-12(9-5-6-17-21(9)4)19-22(13)7-16-14(10)24-11(8)15(23)20(2)3/h5-7H,1-4H3. The first-order chi connectivity index (χ1) is 11.5. The van der Waals surface area contributed by atoms with Gasteiger partial charge in [-0.2, -0.15) is 5.10 Å². The van der Waals surface area contributed by atoms with Crippen molar-refractivity contribution in [2.45, 2.75) is 6.92 Å². The van der Waals surface area contributed by atoms with E-state index in [-0.39, 0.29) is 5.91 Å². The van der Waals surface area contributed by atoms with Gasteiger partial charge in [-0.1, -0.05) is 0 Å². The number of aryl methyl sites for hydroxylation is 2. The van der Waals surface area contributed by atoms with Gasteiger partial charge in [0, 0.05) is 27.3 Å². The predicted octanol–water partition coefficient (Wildman–Crippen LogP) is 1.75. The lowest BCUT2D eigenvalue weighted by atomic mass is 10.2. The highest BCUT2D eigenvalue weighted by Gasteiger charge is 2.21. The molecule has 0 saturated heterocycles. The van der Waals surface area contributed by atoms with E-state index in [1.807, 2.05) is 20.0 Å². The van der Waals surface area contributed by atoms with Crippen LogP contribution in [-0.2, 0) is 7.05 Å². The van der Waals surface area contributed by atoms with Crippen LogP contribution in [0.1, 0.15) is 15.2 Å². The van der Waals surface area contributed by atoms with E-state index in [9.17, 15) is 4.79 Å². The number of aromatic nitrogens is 6. The summed E-state index contributed by atoms with van der Waals surface area (Å²) >= 11 is 1.38. The molecule has 4 aromatic heterocycles. The maximum absolute atomic E-state index is 12.4. The average molecular weight is 341 g/mol. The van der Waals surface area contributed by atoms with Crippen molar-refractivity contribution in [3.8, 4) is 11.5 Å². The highest BCUT2D eigenvalue weighted by atomic mass is 32.1. The summed E-state index contributed by atoms with van der Waals surface area (Å²) in [5, 5.41) is 9.51. The minimum Gasteiger partial charge on any atom is -0.344 e. The van der Waals surface area contributed by atoms with Gasteiger partial charge in [-0.25, -0.2) is 14.5 Å². The second-order valence-corrected chi connectivity index (χ2v) is 6.72. The maximum Gasteiger partial charge on any atom is 0.263 e. The summed E-state index contributed by atoms with van der Waals surface area (Å²) in [5.41, 5.74) is 2.41. The van der Waals surface area contributed by atoms with Gasteiger partial charge in [-0.15, -0.1) is 16.4 Å². The second-order valence-electron chi connectivity index (χ2n) is 5.72. The zero-order chi connectivity index (χ0) is 17.0. The van der Waals surface area contributed by atoms with Crippen LogP contribution in [0.15, 0.2) is 18.6 Å². The Balaban J connectivity index is 1.99. The molecule has 1 amide bonds. The Bertz CT molecular complexity index is 1090. The fourth-order valence-electron chi connectivity index (χ4n) is 2.64. The summed E-state index contributed by atoms with van der Waals surface area (Å²) in [4.78, 5) is 24.5. The summed E-state index contributed by atoms with van der Waals surface area (Å²) in [6, 6.07) is 1.86. The molecular weight excluding hydrogens is 326 g/mol.